The predicted octanol–water partition coefficient (Wildman–Crippen LogP) is 2.43. The van der Waals surface area contributed by atoms with Crippen LogP contribution < -0.4 is 4.90 Å². The van der Waals surface area contributed by atoms with E-state index in [4.69, 9.17) is 0 Å². The van der Waals surface area contributed by atoms with Crippen LogP contribution in [-0.2, 0) is 0 Å². The summed E-state index contributed by atoms with van der Waals surface area (Å²) in [6, 6.07) is 2.52. The van der Waals surface area contributed by atoms with Gasteiger partial charge in [-0.15, -0.1) is 11.3 Å². The summed E-state index contributed by atoms with van der Waals surface area (Å²) < 4.78 is 0. The third-order valence-electron chi connectivity index (χ3n) is 3.60. The Morgan fingerprint density at radius 3 is 3.22 bits per heavy atom. The molecule has 1 N–H and O–H groups in total. The van der Waals surface area contributed by atoms with Gasteiger partial charge in [0.15, 0.2) is 0 Å². The van der Waals surface area contributed by atoms with E-state index in [0.717, 1.165) is 35.4 Å². The van der Waals surface area contributed by atoms with E-state index in [1.807, 2.05) is 0 Å². The normalized spacial score (nSPS) is 20.5. The molecule has 0 saturated carbocycles. The Balaban J connectivity index is 1.98. The van der Waals surface area contributed by atoms with Crippen molar-refractivity contribution in [2.24, 2.45) is 0 Å². The van der Waals surface area contributed by atoms with Crippen LogP contribution in [-0.4, -0.2) is 34.3 Å². The number of piperidine rings is 1. The fraction of sp³-hybridized carbons (Fsp3) is 0.538. The molecule has 2 aromatic rings. The summed E-state index contributed by atoms with van der Waals surface area (Å²) in [7, 11) is 0. The molecule has 3 heterocycles. The zero-order valence-corrected chi connectivity index (χ0v) is 11.1. The fourth-order valence-electron chi connectivity index (χ4n) is 2.73. The van der Waals surface area contributed by atoms with E-state index in [1.54, 1.807) is 17.7 Å². The number of rotatable bonds is 3. The molecule has 1 atom stereocenters. The zero-order valence-electron chi connectivity index (χ0n) is 10.2. The third kappa shape index (κ3) is 2.08. The van der Waals surface area contributed by atoms with Gasteiger partial charge in [-0.3, -0.25) is 0 Å². The van der Waals surface area contributed by atoms with Crippen molar-refractivity contribution in [3.05, 3.63) is 17.8 Å². The van der Waals surface area contributed by atoms with Gasteiger partial charge in [0.05, 0.1) is 5.39 Å². The van der Waals surface area contributed by atoms with E-state index in [-0.39, 0.29) is 6.61 Å². The van der Waals surface area contributed by atoms with Gasteiger partial charge in [-0.1, -0.05) is 0 Å². The molecule has 0 unspecified atom stereocenters. The maximum Gasteiger partial charge on any atom is 0.141 e. The molecule has 18 heavy (non-hydrogen) atoms. The maximum atomic E-state index is 9.20. The van der Waals surface area contributed by atoms with Crippen molar-refractivity contribution in [2.75, 3.05) is 18.1 Å². The summed E-state index contributed by atoms with van der Waals surface area (Å²) in [5.41, 5.74) is 0. The summed E-state index contributed by atoms with van der Waals surface area (Å²) in [5.74, 6) is 1.04. The number of aliphatic hydroxyl groups is 1. The highest BCUT2D eigenvalue weighted by atomic mass is 32.1. The monoisotopic (exact) mass is 263 g/mol. The van der Waals surface area contributed by atoms with Crippen molar-refractivity contribution in [1.29, 1.82) is 0 Å². The Bertz CT molecular complexity index is 526. The van der Waals surface area contributed by atoms with Crippen LogP contribution in [0.1, 0.15) is 25.7 Å². The van der Waals surface area contributed by atoms with Gasteiger partial charge in [-0.25, -0.2) is 9.97 Å². The molecule has 2 aromatic heterocycles. The largest absolute Gasteiger partial charge is 0.396 e. The molecule has 0 aromatic carbocycles. The summed E-state index contributed by atoms with van der Waals surface area (Å²) in [6.45, 7) is 1.28. The number of fused-ring (bicyclic) bond motifs is 1. The van der Waals surface area contributed by atoms with E-state index >= 15 is 0 Å². The highest BCUT2D eigenvalue weighted by molar-refractivity contribution is 7.16. The summed E-state index contributed by atoms with van der Waals surface area (Å²) in [4.78, 5) is 12.2. The van der Waals surface area contributed by atoms with E-state index in [2.05, 4.69) is 26.3 Å². The second-order valence-electron chi connectivity index (χ2n) is 4.69. The molecule has 0 radical (unpaired) electrons. The molecule has 3 rings (SSSR count). The number of anilines is 1. The second kappa shape index (κ2) is 5.20. The molecule has 1 aliphatic rings. The van der Waals surface area contributed by atoms with Crippen LogP contribution in [0.5, 0.6) is 0 Å². The molecule has 1 aliphatic heterocycles. The van der Waals surface area contributed by atoms with Gasteiger partial charge in [0.25, 0.3) is 0 Å². The SMILES string of the molecule is OCC[C@@H]1CCCCN1c1ncnc2sccc12. The Labute approximate surface area is 110 Å². The minimum absolute atomic E-state index is 0.249. The van der Waals surface area contributed by atoms with Crippen molar-refractivity contribution >= 4 is 27.4 Å². The van der Waals surface area contributed by atoms with Crippen molar-refractivity contribution in [1.82, 2.24) is 9.97 Å². The van der Waals surface area contributed by atoms with Crippen LogP contribution in [0.2, 0.25) is 0 Å². The van der Waals surface area contributed by atoms with Crippen LogP contribution in [0.25, 0.3) is 10.2 Å². The molecular formula is C13H17N3OS. The first-order chi connectivity index (χ1) is 8.90. The lowest BCUT2D eigenvalue weighted by molar-refractivity contribution is 0.262. The lowest BCUT2D eigenvalue weighted by atomic mass is 9.99. The van der Waals surface area contributed by atoms with E-state index < -0.39 is 0 Å². The Morgan fingerprint density at radius 2 is 2.33 bits per heavy atom. The molecule has 0 bridgehead atoms. The molecule has 4 nitrogen and oxygen atoms in total. The van der Waals surface area contributed by atoms with E-state index in [1.165, 1.54) is 12.8 Å². The van der Waals surface area contributed by atoms with Gasteiger partial charge in [-0.05, 0) is 37.1 Å². The van der Waals surface area contributed by atoms with Crippen molar-refractivity contribution in [3.8, 4) is 0 Å². The van der Waals surface area contributed by atoms with Gasteiger partial charge >= 0.3 is 0 Å². The second-order valence-corrected chi connectivity index (χ2v) is 5.59. The van der Waals surface area contributed by atoms with Gasteiger partial charge < -0.3 is 10.0 Å². The molecule has 5 heteroatoms. The first-order valence-corrected chi connectivity index (χ1v) is 7.34. The van der Waals surface area contributed by atoms with Gasteiger partial charge in [0.2, 0.25) is 0 Å². The van der Waals surface area contributed by atoms with E-state index in [0.29, 0.717) is 6.04 Å². The van der Waals surface area contributed by atoms with Gasteiger partial charge in [0.1, 0.15) is 17.0 Å². The smallest absolute Gasteiger partial charge is 0.141 e. The summed E-state index contributed by atoms with van der Waals surface area (Å²) >= 11 is 1.65. The fourth-order valence-corrected chi connectivity index (χ4v) is 3.46. The number of nitrogens with zero attached hydrogens (tertiary/aromatic N) is 3. The van der Waals surface area contributed by atoms with Gasteiger partial charge in [0, 0.05) is 19.2 Å². The highest BCUT2D eigenvalue weighted by Crippen LogP contribution is 2.31. The predicted molar refractivity (Wildman–Crippen MR) is 74.1 cm³/mol. The number of thiophene rings is 1. The first kappa shape index (κ1) is 11.9. The van der Waals surface area contributed by atoms with Crippen molar-refractivity contribution < 1.29 is 5.11 Å². The van der Waals surface area contributed by atoms with E-state index in [9.17, 15) is 5.11 Å². The average Bonchev–Trinajstić information content (AvgIpc) is 2.88. The quantitative estimate of drug-likeness (QED) is 0.924. The van der Waals surface area contributed by atoms with Crippen LogP contribution in [0.4, 0.5) is 5.82 Å². The Hall–Kier alpha value is -1.20. The molecular weight excluding hydrogens is 246 g/mol. The third-order valence-corrected chi connectivity index (χ3v) is 4.42. The average molecular weight is 263 g/mol. The van der Waals surface area contributed by atoms with Crippen LogP contribution in [0.15, 0.2) is 17.8 Å². The molecule has 1 fully saturated rings. The number of hydrogen-bond acceptors (Lipinski definition) is 5. The highest BCUT2D eigenvalue weighted by Gasteiger charge is 2.24. The van der Waals surface area contributed by atoms with Gasteiger partial charge in [-0.2, -0.15) is 0 Å². The maximum absolute atomic E-state index is 9.20. The summed E-state index contributed by atoms with van der Waals surface area (Å²) in [6.07, 6.45) is 6.08. The first-order valence-electron chi connectivity index (χ1n) is 6.46. The van der Waals surface area contributed by atoms with Crippen molar-refractivity contribution in [2.45, 2.75) is 31.7 Å². The van der Waals surface area contributed by atoms with Crippen LogP contribution in [0.3, 0.4) is 0 Å². The lowest BCUT2D eigenvalue weighted by Crippen LogP contribution is -2.40. The Morgan fingerprint density at radius 1 is 1.39 bits per heavy atom. The zero-order chi connectivity index (χ0) is 12.4. The lowest BCUT2D eigenvalue weighted by Gasteiger charge is -2.36. The molecule has 0 amide bonds. The molecule has 1 saturated heterocycles. The van der Waals surface area contributed by atoms with Crippen LogP contribution >= 0.6 is 11.3 Å². The number of hydrogen-bond donors (Lipinski definition) is 1. The standard InChI is InChI=1S/C13H17N3OS/c17-7-4-10-3-1-2-6-16(10)12-11-5-8-18-13(11)15-9-14-12/h5,8-10,17H,1-4,6-7H2/t10-/m0/s1. The number of aromatic nitrogens is 2. The molecule has 0 aliphatic carbocycles. The Kier molecular flexibility index (Phi) is 3.43. The number of aliphatic hydroxyl groups excluding tert-OH is 1. The topological polar surface area (TPSA) is 49.2 Å². The molecule has 0 spiro atoms. The molecule has 96 valence electrons. The summed E-state index contributed by atoms with van der Waals surface area (Å²) in [5, 5.41) is 12.4. The van der Waals surface area contributed by atoms with Crippen molar-refractivity contribution in [3.63, 3.8) is 0 Å². The minimum atomic E-state index is 0.249. The minimum Gasteiger partial charge on any atom is -0.396 e. The van der Waals surface area contributed by atoms with Crippen LogP contribution in [0, 0.1) is 0 Å².